The number of fused-ring (bicyclic) bond motifs is 1. The highest BCUT2D eigenvalue weighted by atomic mass is 16.5. The summed E-state index contributed by atoms with van der Waals surface area (Å²) in [6, 6.07) is 0. The average Bonchev–Trinajstić information content (AvgIpc) is 3.19. The van der Waals surface area contributed by atoms with Crippen LogP contribution in [-0.2, 0) is 22.4 Å². The Morgan fingerprint density at radius 3 is 2.46 bits per heavy atom. The summed E-state index contributed by atoms with van der Waals surface area (Å²) >= 11 is 0. The second-order valence-corrected chi connectivity index (χ2v) is 7.22. The van der Waals surface area contributed by atoms with E-state index < -0.39 is 0 Å². The summed E-state index contributed by atoms with van der Waals surface area (Å²) in [5.74, 6) is 1.55. The third kappa shape index (κ3) is 3.42. The molecule has 1 aromatic heterocycles. The van der Waals surface area contributed by atoms with Crippen LogP contribution in [0.25, 0.3) is 0 Å². The number of ether oxygens (including phenoxy) is 2. The molecule has 1 aromatic rings. The molecule has 1 aliphatic carbocycles. The highest BCUT2D eigenvalue weighted by Crippen LogP contribution is 2.45. The molecule has 0 bridgehead atoms. The molecule has 1 fully saturated rings. The molecule has 3 rings (SSSR count). The third-order valence-electron chi connectivity index (χ3n) is 5.67. The van der Waals surface area contributed by atoms with Crippen molar-refractivity contribution in [2.75, 3.05) is 26.4 Å². The number of hydrogen-bond acceptors (Lipinski definition) is 4. The molecule has 2 aliphatic rings. The van der Waals surface area contributed by atoms with Crippen molar-refractivity contribution in [1.82, 2.24) is 9.55 Å². The Balaban J connectivity index is 1.73. The molecule has 0 radical (unpaired) electrons. The predicted octanol–water partition coefficient (Wildman–Crippen LogP) is 3.36. The Hall–Kier alpha value is -1.20. The first-order chi connectivity index (χ1) is 11.7. The van der Waals surface area contributed by atoms with E-state index in [0.717, 1.165) is 83.6 Å². The van der Waals surface area contributed by atoms with Gasteiger partial charge in [0.2, 0.25) is 0 Å². The molecule has 134 valence electrons. The quantitative estimate of drug-likeness (QED) is 0.684. The molecule has 1 saturated carbocycles. The number of hydrogen-bond donors (Lipinski definition) is 0. The summed E-state index contributed by atoms with van der Waals surface area (Å²) in [5, 5.41) is 0. The van der Waals surface area contributed by atoms with Crippen molar-refractivity contribution >= 4 is 6.29 Å². The highest BCUT2D eigenvalue weighted by molar-refractivity contribution is 5.74. The first kappa shape index (κ1) is 17.6. The highest BCUT2D eigenvalue weighted by Gasteiger charge is 2.38. The van der Waals surface area contributed by atoms with Crippen molar-refractivity contribution in [1.29, 1.82) is 0 Å². The van der Waals surface area contributed by atoms with E-state index in [0.29, 0.717) is 11.6 Å². The van der Waals surface area contributed by atoms with Crippen LogP contribution in [-0.4, -0.2) is 42.3 Å². The maximum absolute atomic E-state index is 11.5. The molecule has 1 aliphatic heterocycles. The van der Waals surface area contributed by atoms with Crippen LogP contribution in [0.15, 0.2) is 0 Å². The zero-order chi connectivity index (χ0) is 17.0. The molecule has 5 nitrogen and oxygen atoms in total. The number of rotatable bonds is 8. The Morgan fingerprint density at radius 1 is 1.21 bits per heavy atom. The van der Waals surface area contributed by atoms with Gasteiger partial charge < -0.3 is 14.0 Å². The first-order valence-electron chi connectivity index (χ1n) is 9.43. The second kappa shape index (κ2) is 7.79. The van der Waals surface area contributed by atoms with Gasteiger partial charge >= 0.3 is 0 Å². The molecule has 0 amide bonds. The lowest BCUT2D eigenvalue weighted by atomic mass is 9.70. The van der Waals surface area contributed by atoms with Crippen LogP contribution in [0.1, 0.15) is 73.9 Å². The van der Waals surface area contributed by atoms with Crippen molar-refractivity contribution < 1.29 is 14.3 Å². The fourth-order valence-corrected chi connectivity index (χ4v) is 4.36. The van der Waals surface area contributed by atoms with E-state index in [-0.39, 0.29) is 5.41 Å². The third-order valence-corrected chi connectivity index (χ3v) is 5.67. The van der Waals surface area contributed by atoms with Gasteiger partial charge in [0.15, 0.2) is 6.29 Å². The van der Waals surface area contributed by atoms with Gasteiger partial charge in [0.1, 0.15) is 11.5 Å². The van der Waals surface area contributed by atoms with Gasteiger partial charge in [-0.15, -0.1) is 0 Å². The number of carbonyl (C=O) groups is 1. The van der Waals surface area contributed by atoms with E-state index in [1.54, 1.807) is 0 Å². The van der Waals surface area contributed by atoms with E-state index >= 15 is 0 Å². The summed E-state index contributed by atoms with van der Waals surface area (Å²) in [6.07, 6.45) is 7.47. The van der Waals surface area contributed by atoms with Crippen molar-refractivity contribution in [2.24, 2.45) is 5.41 Å². The second-order valence-electron chi connectivity index (χ2n) is 7.22. The van der Waals surface area contributed by atoms with Gasteiger partial charge in [0.05, 0.1) is 18.9 Å². The molecule has 0 spiro atoms. The fourth-order valence-electron chi connectivity index (χ4n) is 4.36. The molecule has 5 heteroatoms. The lowest BCUT2D eigenvalue weighted by molar-refractivity contribution is -0.0398. The standard InChI is InChI=1S/C19H30N2O3/c1-3-23-13-19(14-24-4-2)9-7-15(8-10-19)18-16(12-22)20-17-6-5-11-21(17)18/h12,15H,3-11,13-14H2,1-2H3. The van der Waals surface area contributed by atoms with Crippen molar-refractivity contribution in [3.05, 3.63) is 17.2 Å². The number of aryl methyl sites for hydroxylation is 1. The smallest absolute Gasteiger partial charge is 0.170 e. The van der Waals surface area contributed by atoms with Crippen molar-refractivity contribution in [3.8, 4) is 0 Å². The summed E-state index contributed by atoms with van der Waals surface area (Å²) in [5.41, 5.74) is 2.01. The molecule has 0 saturated heterocycles. The Labute approximate surface area is 144 Å². The minimum atomic E-state index is 0.137. The molecule has 0 aromatic carbocycles. The molecular weight excluding hydrogens is 304 g/mol. The molecular formula is C19H30N2O3. The SMILES string of the molecule is CCOCC1(COCC)CCC(c2c(C=O)nc3n2CCC3)CC1. The van der Waals surface area contributed by atoms with Crippen LogP contribution in [0.2, 0.25) is 0 Å². The molecule has 0 unspecified atom stereocenters. The minimum absolute atomic E-state index is 0.137. The van der Waals surface area contributed by atoms with Gasteiger partial charge in [-0.25, -0.2) is 4.98 Å². The Morgan fingerprint density at radius 2 is 1.88 bits per heavy atom. The molecule has 0 atom stereocenters. The fraction of sp³-hybridized carbons (Fsp3) is 0.789. The zero-order valence-electron chi connectivity index (χ0n) is 15.1. The largest absolute Gasteiger partial charge is 0.381 e. The van der Waals surface area contributed by atoms with Crippen molar-refractivity contribution in [2.45, 2.75) is 64.8 Å². The van der Waals surface area contributed by atoms with Crippen LogP contribution in [0.4, 0.5) is 0 Å². The number of aromatic nitrogens is 2. The Kier molecular flexibility index (Phi) is 5.72. The summed E-state index contributed by atoms with van der Waals surface area (Å²) in [6.45, 7) is 8.18. The number of carbonyl (C=O) groups excluding carboxylic acids is 1. The number of aldehydes is 1. The molecule has 2 heterocycles. The van der Waals surface area contributed by atoms with Gasteiger partial charge in [-0.2, -0.15) is 0 Å². The van der Waals surface area contributed by atoms with E-state index in [4.69, 9.17) is 9.47 Å². The van der Waals surface area contributed by atoms with Gasteiger partial charge in [-0.05, 0) is 46.0 Å². The van der Waals surface area contributed by atoms with E-state index in [9.17, 15) is 4.79 Å². The maximum atomic E-state index is 11.5. The van der Waals surface area contributed by atoms with Crippen LogP contribution in [0.3, 0.4) is 0 Å². The lowest BCUT2D eigenvalue weighted by Crippen LogP contribution is -2.36. The summed E-state index contributed by atoms with van der Waals surface area (Å²) in [7, 11) is 0. The summed E-state index contributed by atoms with van der Waals surface area (Å²) in [4.78, 5) is 16.0. The maximum Gasteiger partial charge on any atom is 0.170 e. The molecule has 0 N–H and O–H groups in total. The topological polar surface area (TPSA) is 53.4 Å². The normalized spacial score (nSPS) is 20.2. The zero-order valence-corrected chi connectivity index (χ0v) is 15.1. The Bertz CT molecular complexity index is 549. The molecule has 24 heavy (non-hydrogen) atoms. The average molecular weight is 334 g/mol. The number of imidazole rings is 1. The van der Waals surface area contributed by atoms with E-state index in [2.05, 4.69) is 9.55 Å². The first-order valence-corrected chi connectivity index (χ1v) is 9.43. The van der Waals surface area contributed by atoms with Gasteiger partial charge in [-0.3, -0.25) is 4.79 Å². The van der Waals surface area contributed by atoms with Crippen LogP contribution >= 0.6 is 0 Å². The minimum Gasteiger partial charge on any atom is -0.381 e. The monoisotopic (exact) mass is 334 g/mol. The predicted molar refractivity (Wildman–Crippen MR) is 92.6 cm³/mol. The van der Waals surface area contributed by atoms with E-state index in [1.165, 1.54) is 5.69 Å². The van der Waals surface area contributed by atoms with Crippen LogP contribution in [0, 0.1) is 5.41 Å². The number of nitrogens with zero attached hydrogens (tertiary/aromatic N) is 2. The van der Waals surface area contributed by atoms with Crippen molar-refractivity contribution in [3.63, 3.8) is 0 Å². The van der Waals surface area contributed by atoms with Gasteiger partial charge in [0.25, 0.3) is 0 Å². The van der Waals surface area contributed by atoms with E-state index in [1.807, 2.05) is 13.8 Å². The van der Waals surface area contributed by atoms with Gasteiger partial charge in [-0.1, -0.05) is 0 Å². The van der Waals surface area contributed by atoms with Crippen LogP contribution in [0.5, 0.6) is 0 Å². The van der Waals surface area contributed by atoms with Gasteiger partial charge in [0, 0.05) is 37.5 Å². The summed E-state index contributed by atoms with van der Waals surface area (Å²) < 4.78 is 13.8. The lowest BCUT2D eigenvalue weighted by Gasteiger charge is -2.40. The van der Waals surface area contributed by atoms with Crippen LogP contribution < -0.4 is 0 Å².